The number of pyridine rings is 1. The van der Waals surface area contributed by atoms with Crippen LogP contribution >= 0.6 is 0 Å². The molecule has 2 rings (SSSR count). The summed E-state index contributed by atoms with van der Waals surface area (Å²) < 4.78 is 1.25. The molecule has 1 aromatic heterocycles. The standard InChI is InChI=1S/C13H15N3O4/c1-8(17)7-14-11-9-5-3-4-6-10(9)15(2)13(18)12(11)16(19)20/h3-6,8,14,17H,7H2,1-2H3/t8-/m0/s1. The molecule has 20 heavy (non-hydrogen) atoms. The molecule has 0 fully saturated rings. The Morgan fingerprint density at radius 3 is 2.70 bits per heavy atom. The van der Waals surface area contributed by atoms with Gasteiger partial charge in [-0.3, -0.25) is 14.9 Å². The number of aliphatic hydroxyl groups is 1. The number of nitrogens with zero attached hydrogens (tertiary/aromatic N) is 2. The molecule has 0 bridgehead atoms. The number of para-hydroxylation sites is 1. The molecule has 0 saturated carbocycles. The van der Waals surface area contributed by atoms with Crippen molar-refractivity contribution in [1.29, 1.82) is 0 Å². The maximum atomic E-state index is 12.1. The maximum Gasteiger partial charge on any atom is 0.357 e. The Bertz CT molecular complexity index is 721. The average Bonchev–Trinajstić information content (AvgIpc) is 2.40. The van der Waals surface area contributed by atoms with Crippen molar-refractivity contribution < 1.29 is 10.0 Å². The van der Waals surface area contributed by atoms with Gasteiger partial charge in [-0.25, -0.2) is 0 Å². The first-order chi connectivity index (χ1) is 9.43. The number of aryl methyl sites for hydroxylation is 1. The second kappa shape index (κ2) is 5.30. The summed E-state index contributed by atoms with van der Waals surface area (Å²) >= 11 is 0. The molecule has 1 heterocycles. The van der Waals surface area contributed by atoms with E-state index in [1.807, 2.05) is 0 Å². The third-order valence-corrected chi connectivity index (χ3v) is 3.04. The highest BCUT2D eigenvalue weighted by atomic mass is 16.6. The predicted octanol–water partition coefficient (Wildman–Crippen LogP) is 1.24. The Hall–Kier alpha value is -2.41. The van der Waals surface area contributed by atoms with Gasteiger partial charge in [0.1, 0.15) is 5.69 Å². The van der Waals surface area contributed by atoms with Crippen LogP contribution < -0.4 is 10.9 Å². The number of nitrogens with one attached hydrogen (secondary N) is 1. The van der Waals surface area contributed by atoms with E-state index in [1.54, 1.807) is 31.2 Å². The van der Waals surface area contributed by atoms with Crippen LogP contribution in [-0.2, 0) is 7.05 Å². The summed E-state index contributed by atoms with van der Waals surface area (Å²) in [6.45, 7) is 1.68. The van der Waals surface area contributed by atoms with Crippen LogP contribution in [0.2, 0.25) is 0 Å². The molecule has 2 N–H and O–H groups in total. The van der Waals surface area contributed by atoms with Gasteiger partial charge in [-0.1, -0.05) is 18.2 Å². The lowest BCUT2D eigenvalue weighted by Crippen LogP contribution is -2.24. The molecular weight excluding hydrogens is 262 g/mol. The highest BCUT2D eigenvalue weighted by Gasteiger charge is 2.24. The van der Waals surface area contributed by atoms with Crippen LogP contribution in [0.1, 0.15) is 6.92 Å². The van der Waals surface area contributed by atoms with E-state index in [0.717, 1.165) is 0 Å². The number of anilines is 1. The highest BCUT2D eigenvalue weighted by molar-refractivity contribution is 5.96. The summed E-state index contributed by atoms with van der Waals surface area (Å²) in [6.07, 6.45) is -0.683. The van der Waals surface area contributed by atoms with Crippen LogP contribution in [0.4, 0.5) is 11.4 Å². The van der Waals surface area contributed by atoms with Gasteiger partial charge in [-0.2, -0.15) is 0 Å². The minimum absolute atomic E-state index is 0.123. The lowest BCUT2D eigenvalue weighted by molar-refractivity contribution is -0.385. The van der Waals surface area contributed by atoms with E-state index in [4.69, 9.17) is 0 Å². The fourth-order valence-electron chi connectivity index (χ4n) is 2.08. The predicted molar refractivity (Wildman–Crippen MR) is 76.0 cm³/mol. The molecule has 7 heteroatoms. The van der Waals surface area contributed by atoms with Crippen LogP contribution in [0.25, 0.3) is 10.9 Å². The summed E-state index contributed by atoms with van der Waals surface area (Å²) in [4.78, 5) is 22.6. The number of rotatable bonds is 4. The number of benzene rings is 1. The van der Waals surface area contributed by atoms with Crippen LogP contribution in [-0.4, -0.2) is 27.2 Å². The second-order valence-electron chi connectivity index (χ2n) is 4.59. The van der Waals surface area contributed by atoms with E-state index >= 15 is 0 Å². The molecule has 1 atom stereocenters. The van der Waals surface area contributed by atoms with Gasteiger partial charge >= 0.3 is 11.2 Å². The fraction of sp³-hybridized carbons (Fsp3) is 0.308. The van der Waals surface area contributed by atoms with Crippen LogP contribution in [0.3, 0.4) is 0 Å². The number of hydrogen-bond acceptors (Lipinski definition) is 5. The maximum absolute atomic E-state index is 12.1. The normalized spacial score (nSPS) is 12.3. The Morgan fingerprint density at radius 1 is 1.45 bits per heavy atom. The summed E-state index contributed by atoms with van der Waals surface area (Å²) in [5.41, 5.74) is -0.445. The first-order valence-corrected chi connectivity index (χ1v) is 6.11. The smallest absolute Gasteiger partial charge is 0.357 e. The van der Waals surface area contributed by atoms with E-state index < -0.39 is 22.3 Å². The fourth-order valence-corrected chi connectivity index (χ4v) is 2.08. The zero-order valence-corrected chi connectivity index (χ0v) is 11.2. The van der Waals surface area contributed by atoms with E-state index in [2.05, 4.69) is 5.32 Å². The molecule has 106 valence electrons. The Balaban J connectivity index is 2.79. The van der Waals surface area contributed by atoms with Crippen LogP contribution in [0.15, 0.2) is 29.1 Å². The van der Waals surface area contributed by atoms with Crippen molar-refractivity contribution in [3.63, 3.8) is 0 Å². The molecule has 0 unspecified atom stereocenters. The third kappa shape index (κ3) is 2.35. The molecule has 0 spiro atoms. The molecular formula is C13H15N3O4. The summed E-state index contributed by atoms with van der Waals surface area (Å²) in [6, 6.07) is 6.91. The van der Waals surface area contributed by atoms with Gasteiger partial charge in [-0.15, -0.1) is 0 Å². The summed E-state index contributed by atoms with van der Waals surface area (Å²) in [5, 5.41) is 23.9. The van der Waals surface area contributed by atoms with Gasteiger partial charge in [0.15, 0.2) is 0 Å². The van der Waals surface area contributed by atoms with Gasteiger partial charge in [0, 0.05) is 19.0 Å². The van der Waals surface area contributed by atoms with E-state index in [-0.39, 0.29) is 12.2 Å². The average molecular weight is 277 g/mol. The molecule has 0 radical (unpaired) electrons. The molecule has 1 aromatic carbocycles. The van der Waals surface area contributed by atoms with Crippen molar-refractivity contribution in [2.75, 3.05) is 11.9 Å². The van der Waals surface area contributed by atoms with Crippen molar-refractivity contribution in [3.05, 3.63) is 44.7 Å². The zero-order valence-electron chi connectivity index (χ0n) is 11.2. The van der Waals surface area contributed by atoms with E-state index in [0.29, 0.717) is 10.9 Å². The molecule has 0 aliphatic rings. The topological polar surface area (TPSA) is 97.4 Å². The number of nitro groups is 1. The molecule has 0 saturated heterocycles. The van der Waals surface area contributed by atoms with Gasteiger partial charge in [0.05, 0.1) is 16.5 Å². The summed E-state index contributed by atoms with van der Waals surface area (Å²) in [5.74, 6) is 0. The first-order valence-electron chi connectivity index (χ1n) is 6.11. The van der Waals surface area contributed by atoms with Crippen LogP contribution in [0.5, 0.6) is 0 Å². The lowest BCUT2D eigenvalue weighted by atomic mass is 10.1. The van der Waals surface area contributed by atoms with Crippen LogP contribution in [0, 0.1) is 10.1 Å². The van der Waals surface area contributed by atoms with Gasteiger partial charge in [-0.05, 0) is 13.0 Å². The quantitative estimate of drug-likeness (QED) is 0.647. The minimum atomic E-state index is -0.695. The van der Waals surface area contributed by atoms with Gasteiger partial charge in [0.25, 0.3) is 0 Å². The van der Waals surface area contributed by atoms with Gasteiger partial charge < -0.3 is 15.0 Å². The van der Waals surface area contributed by atoms with Crippen molar-refractivity contribution >= 4 is 22.3 Å². The van der Waals surface area contributed by atoms with Crippen molar-refractivity contribution in [2.45, 2.75) is 13.0 Å². The van der Waals surface area contributed by atoms with E-state index in [1.165, 1.54) is 11.6 Å². The largest absolute Gasteiger partial charge is 0.392 e. The summed E-state index contributed by atoms with van der Waals surface area (Å²) in [7, 11) is 1.50. The number of fused-ring (bicyclic) bond motifs is 1. The SMILES string of the molecule is C[C@H](O)CNc1c([N+](=O)[O-])c(=O)n(C)c2ccccc12. The number of aliphatic hydroxyl groups excluding tert-OH is 1. The second-order valence-corrected chi connectivity index (χ2v) is 4.59. The molecule has 7 nitrogen and oxygen atoms in total. The van der Waals surface area contributed by atoms with Gasteiger partial charge in [0.2, 0.25) is 0 Å². The number of aromatic nitrogens is 1. The van der Waals surface area contributed by atoms with Crippen molar-refractivity contribution in [1.82, 2.24) is 4.57 Å². The molecule has 0 amide bonds. The third-order valence-electron chi connectivity index (χ3n) is 3.04. The Kier molecular flexibility index (Phi) is 3.71. The zero-order chi connectivity index (χ0) is 14.9. The Morgan fingerprint density at radius 2 is 2.10 bits per heavy atom. The Labute approximate surface area is 114 Å². The molecule has 0 aliphatic heterocycles. The van der Waals surface area contributed by atoms with E-state index in [9.17, 15) is 20.0 Å². The van der Waals surface area contributed by atoms with Crippen molar-refractivity contribution in [3.8, 4) is 0 Å². The van der Waals surface area contributed by atoms with Crippen molar-refractivity contribution in [2.24, 2.45) is 7.05 Å². The number of hydrogen-bond donors (Lipinski definition) is 2. The highest BCUT2D eigenvalue weighted by Crippen LogP contribution is 2.29. The first kappa shape index (κ1) is 14.0. The molecule has 2 aromatic rings. The minimum Gasteiger partial charge on any atom is -0.392 e. The lowest BCUT2D eigenvalue weighted by Gasteiger charge is -2.13. The monoisotopic (exact) mass is 277 g/mol. The molecule has 0 aliphatic carbocycles.